The Hall–Kier alpha value is -1.30. The van der Waals surface area contributed by atoms with Gasteiger partial charge in [-0.1, -0.05) is 0 Å². The summed E-state index contributed by atoms with van der Waals surface area (Å²) in [4.78, 5) is 21.8. The van der Waals surface area contributed by atoms with Gasteiger partial charge in [0.25, 0.3) is 0 Å². The quantitative estimate of drug-likeness (QED) is 0.643. The number of amides is 2. The highest BCUT2D eigenvalue weighted by molar-refractivity contribution is 5.82. The maximum absolute atomic E-state index is 11.3. The van der Waals surface area contributed by atoms with E-state index in [0.29, 0.717) is 19.1 Å². The normalized spacial score (nSPS) is 22.2. The van der Waals surface area contributed by atoms with Crippen molar-refractivity contribution in [3.63, 3.8) is 0 Å². The number of hydrogen-bond donors (Lipinski definition) is 3. The first kappa shape index (κ1) is 12.8. The Bertz CT molecular complexity index is 251. The molecular weight excluding hydrogens is 212 g/mol. The van der Waals surface area contributed by atoms with E-state index in [2.05, 4.69) is 10.6 Å². The van der Waals surface area contributed by atoms with Crippen LogP contribution in [0.5, 0.6) is 0 Å². The van der Waals surface area contributed by atoms with E-state index < -0.39 is 18.0 Å². The van der Waals surface area contributed by atoms with E-state index in [1.165, 1.54) is 6.92 Å². The summed E-state index contributed by atoms with van der Waals surface area (Å²) in [6.07, 6.45) is 2.05. The molecule has 0 aromatic heterocycles. The van der Waals surface area contributed by atoms with E-state index in [1.807, 2.05) is 0 Å². The number of ether oxygens (including phenoxy) is 1. The van der Waals surface area contributed by atoms with Gasteiger partial charge in [0.1, 0.15) is 6.04 Å². The number of urea groups is 1. The van der Waals surface area contributed by atoms with Gasteiger partial charge in [-0.05, 0) is 25.7 Å². The van der Waals surface area contributed by atoms with Crippen LogP contribution in [0.3, 0.4) is 0 Å². The van der Waals surface area contributed by atoms with Gasteiger partial charge in [0.15, 0.2) is 0 Å². The van der Waals surface area contributed by atoms with Crippen molar-refractivity contribution in [2.24, 2.45) is 5.92 Å². The molecule has 0 bridgehead atoms. The van der Waals surface area contributed by atoms with E-state index in [9.17, 15) is 9.59 Å². The summed E-state index contributed by atoms with van der Waals surface area (Å²) in [6, 6.07) is -1.32. The number of aliphatic carboxylic acids is 1. The Morgan fingerprint density at radius 1 is 1.56 bits per heavy atom. The van der Waals surface area contributed by atoms with Crippen LogP contribution in [0.1, 0.15) is 19.8 Å². The molecule has 0 aromatic carbocycles. The molecule has 0 radical (unpaired) electrons. The van der Waals surface area contributed by atoms with Gasteiger partial charge in [-0.15, -0.1) is 0 Å². The van der Waals surface area contributed by atoms with Crippen LogP contribution in [0.4, 0.5) is 4.79 Å². The van der Waals surface area contributed by atoms with Crippen molar-refractivity contribution in [2.75, 3.05) is 19.8 Å². The zero-order valence-corrected chi connectivity index (χ0v) is 9.36. The van der Waals surface area contributed by atoms with E-state index in [1.54, 1.807) is 0 Å². The molecule has 1 unspecified atom stereocenters. The summed E-state index contributed by atoms with van der Waals surface area (Å²) in [5, 5.41) is 13.6. The Morgan fingerprint density at radius 3 is 2.88 bits per heavy atom. The third-order valence-corrected chi connectivity index (χ3v) is 2.52. The van der Waals surface area contributed by atoms with E-state index in [0.717, 1.165) is 19.4 Å². The molecule has 1 aliphatic rings. The second-order valence-corrected chi connectivity index (χ2v) is 4.00. The van der Waals surface area contributed by atoms with Gasteiger partial charge in [-0.2, -0.15) is 0 Å². The second kappa shape index (κ2) is 6.32. The molecule has 92 valence electrons. The van der Waals surface area contributed by atoms with Gasteiger partial charge in [-0.3, -0.25) is 4.79 Å². The van der Waals surface area contributed by atoms with Crippen LogP contribution in [0.2, 0.25) is 0 Å². The van der Waals surface area contributed by atoms with Gasteiger partial charge in [-0.25, -0.2) is 4.79 Å². The minimum atomic E-state index is -1.05. The summed E-state index contributed by atoms with van der Waals surface area (Å²) in [6.45, 7) is 3.40. The number of hydrogen-bond acceptors (Lipinski definition) is 3. The Kier molecular flexibility index (Phi) is 5.04. The molecule has 3 N–H and O–H groups in total. The van der Waals surface area contributed by atoms with E-state index in [-0.39, 0.29) is 0 Å². The van der Waals surface area contributed by atoms with Crippen molar-refractivity contribution in [1.82, 2.24) is 10.6 Å². The lowest BCUT2D eigenvalue weighted by molar-refractivity contribution is -0.138. The van der Waals surface area contributed by atoms with Crippen LogP contribution in [-0.4, -0.2) is 42.9 Å². The third kappa shape index (κ3) is 4.48. The second-order valence-electron chi connectivity index (χ2n) is 4.00. The average molecular weight is 230 g/mol. The van der Waals surface area contributed by atoms with Crippen molar-refractivity contribution < 1.29 is 19.4 Å². The number of carboxylic acid groups (broad SMARTS) is 1. The van der Waals surface area contributed by atoms with Crippen LogP contribution in [0.25, 0.3) is 0 Å². The smallest absolute Gasteiger partial charge is 0.325 e. The maximum atomic E-state index is 11.3. The van der Waals surface area contributed by atoms with Crippen LogP contribution >= 0.6 is 0 Å². The first-order valence-corrected chi connectivity index (χ1v) is 5.44. The summed E-state index contributed by atoms with van der Waals surface area (Å²) in [7, 11) is 0. The van der Waals surface area contributed by atoms with Gasteiger partial charge in [0.05, 0.1) is 6.61 Å². The van der Waals surface area contributed by atoms with Crippen molar-refractivity contribution in [3.8, 4) is 0 Å². The molecule has 0 aromatic rings. The van der Waals surface area contributed by atoms with E-state index in [4.69, 9.17) is 9.84 Å². The molecule has 0 aliphatic carbocycles. The SMILES string of the molecule is C[C@@H](NC(=O)NCC1CCCOC1)C(=O)O. The van der Waals surface area contributed by atoms with Crippen LogP contribution in [0, 0.1) is 5.92 Å². The molecule has 6 nitrogen and oxygen atoms in total. The zero-order valence-electron chi connectivity index (χ0n) is 9.36. The van der Waals surface area contributed by atoms with Gasteiger partial charge in [0, 0.05) is 13.2 Å². The Labute approximate surface area is 94.3 Å². The van der Waals surface area contributed by atoms with Gasteiger partial charge in [0.2, 0.25) is 0 Å². The molecule has 0 saturated carbocycles. The minimum Gasteiger partial charge on any atom is -0.480 e. The fourth-order valence-electron chi connectivity index (χ4n) is 1.51. The maximum Gasteiger partial charge on any atom is 0.325 e. The van der Waals surface area contributed by atoms with Crippen LogP contribution < -0.4 is 10.6 Å². The standard InChI is InChI=1S/C10H18N2O4/c1-7(9(13)14)12-10(15)11-5-8-3-2-4-16-6-8/h7-8H,2-6H2,1H3,(H,13,14)(H2,11,12,15)/t7-,8?/m1/s1. The molecule has 1 fully saturated rings. The first-order chi connectivity index (χ1) is 7.59. The molecular formula is C10H18N2O4. The van der Waals surface area contributed by atoms with E-state index >= 15 is 0 Å². The fourth-order valence-corrected chi connectivity index (χ4v) is 1.51. The highest BCUT2D eigenvalue weighted by Crippen LogP contribution is 2.11. The van der Waals surface area contributed by atoms with Gasteiger partial charge >= 0.3 is 12.0 Å². The molecule has 2 atom stereocenters. The number of carbonyl (C=O) groups is 2. The summed E-state index contributed by atoms with van der Waals surface area (Å²) in [5.41, 5.74) is 0. The van der Waals surface area contributed by atoms with Crippen LogP contribution in [0.15, 0.2) is 0 Å². The predicted molar refractivity (Wildman–Crippen MR) is 57.2 cm³/mol. The molecule has 1 saturated heterocycles. The zero-order chi connectivity index (χ0) is 12.0. The summed E-state index contributed by atoms with van der Waals surface area (Å²) >= 11 is 0. The molecule has 2 amide bonds. The lowest BCUT2D eigenvalue weighted by atomic mass is 10.0. The predicted octanol–water partition coefficient (Wildman–Crippen LogP) is 0.185. The van der Waals surface area contributed by atoms with Crippen LogP contribution in [-0.2, 0) is 9.53 Å². The first-order valence-electron chi connectivity index (χ1n) is 5.44. The fraction of sp³-hybridized carbons (Fsp3) is 0.800. The summed E-state index contributed by atoms with van der Waals surface area (Å²) in [5.74, 6) is -0.712. The van der Waals surface area contributed by atoms with Crippen molar-refractivity contribution in [3.05, 3.63) is 0 Å². The average Bonchev–Trinajstić information content (AvgIpc) is 2.27. The lowest BCUT2D eigenvalue weighted by Gasteiger charge is -2.22. The highest BCUT2D eigenvalue weighted by Gasteiger charge is 2.17. The molecule has 1 rings (SSSR count). The third-order valence-electron chi connectivity index (χ3n) is 2.52. The minimum absolute atomic E-state index is 0.333. The largest absolute Gasteiger partial charge is 0.480 e. The molecule has 0 spiro atoms. The number of rotatable bonds is 4. The van der Waals surface area contributed by atoms with Gasteiger partial charge < -0.3 is 20.5 Å². The molecule has 1 heterocycles. The van der Waals surface area contributed by atoms with Crippen molar-refractivity contribution >= 4 is 12.0 Å². The molecule has 6 heteroatoms. The summed E-state index contributed by atoms with van der Waals surface area (Å²) < 4.78 is 5.27. The monoisotopic (exact) mass is 230 g/mol. The lowest BCUT2D eigenvalue weighted by Crippen LogP contribution is -2.46. The number of nitrogens with one attached hydrogen (secondary N) is 2. The Morgan fingerprint density at radius 2 is 2.31 bits per heavy atom. The van der Waals surface area contributed by atoms with Crippen molar-refractivity contribution in [1.29, 1.82) is 0 Å². The van der Waals surface area contributed by atoms with Crippen molar-refractivity contribution in [2.45, 2.75) is 25.8 Å². The highest BCUT2D eigenvalue weighted by atomic mass is 16.5. The molecule has 1 aliphatic heterocycles. The topological polar surface area (TPSA) is 87.7 Å². The number of carboxylic acids is 1. The number of carbonyl (C=O) groups excluding carboxylic acids is 1. The molecule has 16 heavy (non-hydrogen) atoms. The Balaban J connectivity index is 2.16.